The van der Waals surface area contributed by atoms with Gasteiger partial charge in [-0.05, 0) is 31.7 Å². The van der Waals surface area contributed by atoms with Crippen molar-refractivity contribution in [3.8, 4) is 0 Å². The molecule has 3 nitrogen and oxygen atoms in total. The topological polar surface area (TPSA) is 42.0 Å². The van der Waals surface area contributed by atoms with Crippen LogP contribution in [-0.2, 0) is 6.42 Å². The molecule has 2 aromatic heterocycles. The van der Waals surface area contributed by atoms with E-state index in [0.717, 1.165) is 22.0 Å². The lowest BCUT2D eigenvalue weighted by Crippen LogP contribution is -2.25. The molecule has 17 heavy (non-hydrogen) atoms. The lowest BCUT2D eigenvalue weighted by atomic mass is 10.3. The molecule has 0 unspecified atom stereocenters. The first-order valence-electron chi connectivity index (χ1n) is 5.41. The summed E-state index contributed by atoms with van der Waals surface area (Å²) in [5.41, 5.74) is 0.820. The number of nitrogens with one attached hydrogen (secondary N) is 1. The van der Waals surface area contributed by atoms with Crippen molar-refractivity contribution >= 4 is 28.6 Å². The first kappa shape index (κ1) is 12.3. The number of thiophene rings is 1. The molecule has 0 saturated carbocycles. The maximum atomic E-state index is 11.9. The number of aromatic nitrogens is 1. The molecule has 0 aliphatic rings. The zero-order valence-electron chi connectivity index (χ0n) is 9.82. The van der Waals surface area contributed by atoms with Crippen molar-refractivity contribution in [1.82, 2.24) is 10.3 Å². The SMILES string of the molecule is Cc1nc(C)c(C(=O)NCCc2cccs2)s1. The molecule has 0 bridgehead atoms. The molecule has 0 aromatic carbocycles. The monoisotopic (exact) mass is 266 g/mol. The zero-order chi connectivity index (χ0) is 12.3. The Balaban J connectivity index is 1.87. The molecule has 90 valence electrons. The summed E-state index contributed by atoms with van der Waals surface area (Å²) in [5, 5.41) is 5.92. The Morgan fingerprint density at radius 1 is 1.47 bits per heavy atom. The van der Waals surface area contributed by atoms with Crippen LogP contribution in [0.2, 0.25) is 0 Å². The smallest absolute Gasteiger partial charge is 0.263 e. The number of aryl methyl sites for hydroxylation is 2. The molecular formula is C12H14N2OS2. The third-order valence-corrected chi connectivity index (χ3v) is 4.35. The van der Waals surface area contributed by atoms with Crippen molar-refractivity contribution in [3.63, 3.8) is 0 Å². The summed E-state index contributed by atoms with van der Waals surface area (Å²) in [7, 11) is 0. The number of hydrogen-bond donors (Lipinski definition) is 1. The predicted octanol–water partition coefficient (Wildman–Crippen LogP) is 2.79. The predicted molar refractivity (Wildman–Crippen MR) is 71.9 cm³/mol. The van der Waals surface area contributed by atoms with Gasteiger partial charge in [0.25, 0.3) is 5.91 Å². The van der Waals surface area contributed by atoms with E-state index in [1.54, 1.807) is 11.3 Å². The first-order chi connectivity index (χ1) is 8.16. The second kappa shape index (κ2) is 5.42. The van der Waals surface area contributed by atoms with E-state index in [-0.39, 0.29) is 5.91 Å². The zero-order valence-corrected chi connectivity index (χ0v) is 11.5. The van der Waals surface area contributed by atoms with Crippen LogP contribution < -0.4 is 5.32 Å². The summed E-state index contributed by atoms with van der Waals surface area (Å²) < 4.78 is 0. The summed E-state index contributed by atoms with van der Waals surface area (Å²) >= 11 is 3.17. The van der Waals surface area contributed by atoms with Gasteiger partial charge in [0.15, 0.2) is 0 Å². The Kier molecular flexibility index (Phi) is 3.91. The molecule has 0 atom stereocenters. The fourth-order valence-electron chi connectivity index (χ4n) is 1.58. The lowest BCUT2D eigenvalue weighted by molar-refractivity contribution is 0.0957. The summed E-state index contributed by atoms with van der Waals surface area (Å²) in [5.74, 6) is -0.00958. The van der Waals surface area contributed by atoms with Crippen molar-refractivity contribution < 1.29 is 4.79 Å². The summed E-state index contributed by atoms with van der Waals surface area (Å²) in [6.07, 6.45) is 0.889. The van der Waals surface area contributed by atoms with E-state index in [0.29, 0.717) is 6.54 Å². The molecule has 2 heterocycles. The number of thiazole rings is 1. The maximum Gasteiger partial charge on any atom is 0.263 e. The molecule has 5 heteroatoms. The van der Waals surface area contributed by atoms with Crippen molar-refractivity contribution in [2.24, 2.45) is 0 Å². The normalized spacial score (nSPS) is 10.5. The van der Waals surface area contributed by atoms with E-state index < -0.39 is 0 Å². The van der Waals surface area contributed by atoms with Crippen LogP contribution in [0.15, 0.2) is 17.5 Å². The molecule has 0 saturated heterocycles. The largest absolute Gasteiger partial charge is 0.351 e. The van der Waals surface area contributed by atoms with Gasteiger partial charge in [-0.15, -0.1) is 22.7 Å². The molecule has 0 spiro atoms. The van der Waals surface area contributed by atoms with E-state index in [1.807, 2.05) is 25.3 Å². The number of carbonyl (C=O) groups is 1. The molecule has 2 aromatic rings. The molecule has 0 aliphatic heterocycles. The van der Waals surface area contributed by atoms with Gasteiger partial charge < -0.3 is 5.32 Å². The molecule has 0 aliphatic carbocycles. The second-order valence-electron chi connectivity index (χ2n) is 3.73. The van der Waals surface area contributed by atoms with Gasteiger partial charge in [-0.1, -0.05) is 6.07 Å². The number of nitrogens with zero attached hydrogens (tertiary/aromatic N) is 1. The minimum atomic E-state index is -0.00958. The minimum Gasteiger partial charge on any atom is -0.351 e. The summed E-state index contributed by atoms with van der Waals surface area (Å²) in [6.45, 7) is 4.47. The highest BCUT2D eigenvalue weighted by Crippen LogP contribution is 2.16. The van der Waals surface area contributed by atoms with Crippen LogP contribution in [0.5, 0.6) is 0 Å². The number of rotatable bonds is 4. The van der Waals surface area contributed by atoms with Gasteiger partial charge in [-0.2, -0.15) is 0 Å². The Bertz CT molecular complexity index is 503. The fourth-order valence-corrected chi connectivity index (χ4v) is 3.12. The number of hydrogen-bond acceptors (Lipinski definition) is 4. The van der Waals surface area contributed by atoms with Gasteiger partial charge in [-0.3, -0.25) is 4.79 Å². The molecular weight excluding hydrogens is 252 g/mol. The average Bonchev–Trinajstić information content (AvgIpc) is 2.88. The number of amides is 1. The Morgan fingerprint density at radius 2 is 2.29 bits per heavy atom. The lowest BCUT2D eigenvalue weighted by Gasteiger charge is -2.02. The summed E-state index contributed by atoms with van der Waals surface area (Å²) in [4.78, 5) is 18.1. The van der Waals surface area contributed by atoms with Crippen LogP contribution in [0.25, 0.3) is 0 Å². The van der Waals surface area contributed by atoms with Crippen molar-refractivity contribution in [2.45, 2.75) is 20.3 Å². The maximum absolute atomic E-state index is 11.9. The fraction of sp³-hybridized carbons (Fsp3) is 0.333. The Hall–Kier alpha value is -1.20. The van der Waals surface area contributed by atoms with E-state index in [1.165, 1.54) is 16.2 Å². The van der Waals surface area contributed by atoms with Crippen molar-refractivity contribution in [2.75, 3.05) is 6.54 Å². The standard InChI is InChI=1S/C12H14N2OS2/c1-8-11(17-9(2)14-8)12(15)13-6-5-10-4-3-7-16-10/h3-4,7H,5-6H2,1-2H3,(H,13,15). The highest BCUT2D eigenvalue weighted by molar-refractivity contribution is 7.13. The van der Waals surface area contributed by atoms with Crippen LogP contribution in [0.1, 0.15) is 25.3 Å². The van der Waals surface area contributed by atoms with Gasteiger partial charge in [0.2, 0.25) is 0 Å². The van der Waals surface area contributed by atoms with Crippen LogP contribution in [-0.4, -0.2) is 17.4 Å². The van der Waals surface area contributed by atoms with Crippen molar-refractivity contribution in [3.05, 3.63) is 38.0 Å². The molecule has 2 rings (SSSR count). The van der Waals surface area contributed by atoms with Gasteiger partial charge in [0, 0.05) is 11.4 Å². The molecule has 1 N–H and O–H groups in total. The van der Waals surface area contributed by atoms with Crippen LogP contribution >= 0.6 is 22.7 Å². The van der Waals surface area contributed by atoms with Crippen molar-refractivity contribution in [1.29, 1.82) is 0 Å². The van der Waals surface area contributed by atoms with Crippen LogP contribution in [0.4, 0.5) is 0 Å². The quantitative estimate of drug-likeness (QED) is 0.924. The first-order valence-corrected chi connectivity index (χ1v) is 7.11. The third-order valence-electron chi connectivity index (χ3n) is 2.35. The highest BCUT2D eigenvalue weighted by atomic mass is 32.1. The van der Waals surface area contributed by atoms with Crippen LogP contribution in [0.3, 0.4) is 0 Å². The van der Waals surface area contributed by atoms with Gasteiger partial charge in [0.05, 0.1) is 10.7 Å². The van der Waals surface area contributed by atoms with E-state index in [4.69, 9.17) is 0 Å². The van der Waals surface area contributed by atoms with E-state index >= 15 is 0 Å². The minimum absolute atomic E-state index is 0.00958. The third kappa shape index (κ3) is 3.14. The summed E-state index contributed by atoms with van der Waals surface area (Å²) in [6, 6.07) is 4.11. The Labute approximate surface area is 109 Å². The van der Waals surface area contributed by atoms with Gasteiger partial charge in [-0.25, -0.2) is 4.98 Å². The average molecular weight is 266 g/mol. The van der Waals surface area contributed by atoms with E-state index in [2.05, 4.69) is 16.4 Å². The van der Waals surface area contributed by atoms with Gasteiger partial charge in [0.1, 0.15) is 4.88 Å². The van der Waals surface area contributed by atoms with E-state index in [9.17, 15) is 4.79 Å². The molecule has 0 fully saturated rings. The van der Waals surface area contributed by atoms with Crippen LogP contribution in [0, 0.1) is 13.8 Å². The second-order valence-corrected chi connectivity index (χ2v) is 5.97. The molecule has 0 radical (unpaired) electrons. The van der Waals surface area contributed by atoms with Gasteiger partial charge >= 0.3 is 0 Å². The molecule has 1 amide bonds. The highest BCUT2D eigenvalue weighted by Gasteiger charge is 2.12. The Morgan fingerprint density at radius 3 is 2.88 bits per heavy atom. The number of carbonyl (C=O) groups excluding carboxylic acids is 1.